The lowest BCUT2D eigenvalue weighted by molar-refractivity contribution is 0.276. The quantitative estimate of drug-likeness (QED) is 0.830. The van der Waals surface area contributed by atoms with Crippen LogP contribution >= 0.6 is 11.6 Å². The van der Waals surface area contributed by atoms with Crippen LogP contribution in [-0.2, 0) is 0 Å². The van der Waals surface area contributed by atoms with E-state index in [2.05, 4.69) is 15.3 Å². The van der Waals surface area contributed by atoms with Crippen molar-refractivity contribution in [3.8, 4) is 5.75 Å². The first-order chi connectivity index (χ1) is 9.62. The minimum atomic E-state index is -0.296. The molecule has 0 fully saturated rings. The molecule has 2 N–H and O–H groups in total. The van der Waals surface area contributed by atoms with Crippen LogP contribution in [-0.4, -0.2) is 28.8 Å². The topological polar surface area (TPSA) is 67.3 Å². The number of aliphatic hydroxyl groups excluding tert-OH is 1. The number of rotatable bonds is 5. The normalized spacial score (nSPS) is 12.0. The van der Waals surface area contributed by atoms with E-state index in [1.807, 2.05) is 24.3 Å². The Hall–Kier alpha value is -1.85. The van der Waals surface area contributed by atoms with Crippen molar-refractivity contribution in [1.29, 1.82) is 0 Å². The van der Waals surface area contributed by atoms with Gasteiger partial charge >= 0.3 is 0 Å². The van der Waals surface area contributed by atoms with E-state index >= 15 is 0 Å². The van der Waals surface area contributed by atoms with Crippen molar-refractivity contribution in [2.45, 2.75) is 13.0 Å². The summed E-state index contributed by atoms with van der Waals surface area (Å²) in [6.45, 7) is 1.68. The molecule has 0 amide bonds. The molecule has 1 atom stereocenters. The summed E-state index contributed by atoms with van der Waals surface area (Å²) in [6, 6.07) is 8.82. The lowest BCUT2D eigenvalue weighted by atomic mass is 10.1. The molecule has 5 nitrogen and oxygen atoms in total. The molecule has 106 valence electrons. The molecular weight excluding hydrogens is 278 g/mol. The van der Waals surface area contributed by atoms with E-state index < -0.39 is 0 Å². The van der Waals surface area contributed by atoms with Gasteiger partial charge in [0.1, 0.15) is 22.5 Å². The summed E-state index contributed by atoms with van der Waals surface area (Å²) in [5, 5.41) is 13.1. The Kier molecular flexibility index (Phi) is 4.76. The molecule has 0 aliphatic heterocycles. The number of benzene rings is 1. The van der Waals surface area contributed by atoms with Crippen LogP contribution < -0.4 is 10.1 Å². The molecule has 1 aromatic heterocycles. The Morgan fingerprint density at radius 1 is 1.35 bits per heavy atom. The van der Waals surface area contributed by atoms with Crippen molar-refractivity contribution >= 4 is 17.4 Å². The number of hydrogen-bond acceptors (Lipinski definition) is 5. The van der Waals surface area contributed by atoms with Gasteiger partial charge in [0.05, 0.1) is 19.8 Å². The van der Waals surface area contributed by atoms with Crippen LogP contribution in [0, 0.1) is 6.92 Å². The van der Waals surface area contributed by atoms with E-state index in [9.17, 15) is 5.11 Å². The number of hydrogen-bond donors (Lipinski definition) is 2. The first-order valence-corrected chi connectivity index (χ1v) is 6.52. The van der Waals surface area contributed by atoms with Gasteiger partial charge in [-0.3, -0.25) is 0 Å². The molecule has 1 heterocycles. The van der Waals surface area contributed by atoms with Crippen molar-refractivity contribution in [1.82, 2.24) is 9.97 Å². The summed E-state index contributed by atoms with van der Waals surface area (Å²) in [6.07, 6.45) is 0. The Morgan fingerprint density at radius 3 is 2.80 bits per heavy atom. The summed E-state index contributed by atoms with van der Waals surface area (Å²) < 4.78 is 5.18. The van der Waals surface area contributed by atoms with Crippen LogP contribution in [0.4, 0.5) is 5.82 Å². The number of ether oxygens (including phenoxy) is 1. The number of methoxy groups -OCH3 is 1. The molecular formula is C14H16ClN3O2. The number of aryl methyl sites for hydroxylation is 1. The van der Waals surface area contributed by atoms with Gasteiger partial charge in [-0.1, -0.05) is 23.7 Å². The molecule has 0 aliphatic rings. The fraction of sp³-hybridized carbons (Fsp3) is 0.286. The number of nitrogens with one attached hydrogen (secondary N) is 1. The Balaban J connectivity index is 2.23. The average molecular weight is 294 g/mol. The van der Waals surface area contributed by atoms with Crippen molar-refractivity contribution in [2.24, 2.45) is 0 Å². The average Bonchev–Trinajstić information content (AvgIpc) is 2.44. The van der Waals surface area contributed by atoms with Crippen molar-refractivity contribution in [2.75, 3.05) is 19.0 Å². The van der Waals surface area contributed by atoms with Crippen molar-refractivity contribution < 1.29 is 9.84 Å². The van der Waals surface area contributed by atoms with Gasteiger partial charge in [-0.2, -0.15) is 0 Å². The third-order valence-corrected chi connectivity index (χ3v) is 3.00. The maximum absolute atomic E-state index is 9.56. The monoisotopic (exact) mass is 293 g/mol. The second-order valence-electron chi connectivity index (χ2n) is 4.28. The van der Waals surface area contributed by atoms with Crippen LogP contribution in [0.25, 0.3) is 0 Å². The molecule has 0 aliphatic carbocycles. The second kappa shape index (κ2) is 6.54. The number of aliphatic hydroxyl groups is 1. The van der Waals surface area contributed by atoms with Crippen LogP contribution in [0.2, 0.25) is 5.15 Å². The minimum Gasteiger partial charge on any atom is -0.497 e. The Bertz CT molecular complexity index is 572. The van der Waals surface area contributed by atoms with Gasteiger partial charge in [-0.05, 0) is 24.6 Å². The molecule has 0 saturated carbocycles. The highest BCUT2D eigenvalue weighted by atomic mass is 35.5. The third-order valence-electron chi connectivity index (χ3n) is 2.81. The lowest BCUT2D eigenvalue weighted by Crippen LogP contribution is -2.16. The fourth-order valence-electron chi connectivity index (χ4n) is 1.88. The molecule has 6 heteroatoms. The van der Waals surface area contributed by atoms with E-state index in [1.54, 1.807) is 20.1 Å². The van der Waals surface area contributed by atoms with Crippen molar-refractivity contribution in [3.63, 3.8) is 0 Å². The second-order valence-corrected chi connectivity index (χ2v) is 4.67. The standard InChI is InChI=1S/C14H16ClN3O2/c1-9-16-13(15)7-14(17-9)18-12(8-19)10-4-3-5-11(6-10)20-2/h3-7,12,19H,8H2,1-2H3,(H,16,17,18)/t12-/m1/s1. The smallest absolute Gasteiger partial charge is 0.134 e. The molecule has 1 aromatic carbocycles. The Labute approximate surface area is 122 Å². The molecule has 2 rings (SSSR count). The third kappa shape index (κ3) is 3.59. The minimum absolute atomic E-state index is 0.0756. The van der Waals surface area contributed by atoms with Gasteiger partial charge in [-0.25, -0.2) is 9.97 Å². The highest BCUT2D eigenvalue weighted by Crippen LogP contribution is 2.23. The largest absolute Gasteiger partial charge is 0.497 e. The van der Waals surface area contributed by atoms with Gasteiger partial charge in [0.15, 0.2) is 0 Å². The molecule has 0 bridgehead atoms. The van der Waals surface area contributed by atoms with Gasteiger partial charge in [0.25, 0.3) is 0 Å². The first kappa shape index (κ1) is 14.6. The lowest BCUT2D eigenvalue weighted by Gasteiger charge is -2.18. The zero-order chi connectivity index (χ0) is 14.5. The molecule has 0 saturated heterocycles. The zero-order valence-electron chi connectivity index (χ0n) is 11.3. The summed E-state index contributed by atoms with van der Waals surface area (Å²) in [7, 11) is 1.61. The molecule has 0 radical (unpaired) electrons. The SMILES string of the molecule is COc1cccc([C@@H](CO)Nc2cc(Cl)nc(C)n2)c1. The van der Waals surface area contributed by atoms with E-state index in [0.717, 1.165) is 11.3 Å². The summed E-state index contributed by atoms with van der Waals surface area (Å²) in [5.74, 6) is 1.88. The van der Waals surface area contributed by atoms with Crippen molar-refractivity contribution in [3.05, 3.63) is 46.9 Å². The van der Waals surface area contributed by atoms with E-state index in [1.165, 1.54) is 0 Å². The highest BCUT2D eigenvalue weighted by molar-refractivity contribution is 6.29. The van der Waals surface area contributed by atoms with Gasteiger partial charge < -0.3 is 15.2 Å². The van der Waals surface area contributed by atoms with Crippen LogP contribution in [0.5, 0.6) is 5.75 Å². The predicted molar refractivity (Wildman–Crippen MR) is 78.2 cm³/mol. The predicted octanol–water partition coefficient (Wildman–Crippen LogP) is 2.59. The molecule has 2 aromatic rings. The van der Waals surface area contributed by atoms with E-state index in [4.69, 9.17) is 16.3 Å². The van der Waals surface area contributed by atoms with Crippen LogP contribution in [0.15, 0.2) is 30.3 Å². The number of halogens is 1. The zero-order valence-corrected chi connectivity index (χ0v) is 12.1. The molecule has 0 unspecified atom stereocenters. The number of anilines is 1. The maximum Gasteiger partial charge on any atom is 0.134 e. The van der Waals surface area contributed by atoms with Crippen LogP contribution in [0.1, 0.15) is 17.4 Å². The number of aromatic nitrogens is 2. The maximum atomic E-state index is 9.56. The molecule has 0 spiro atoms. The number of nitrogens with zero attached hydrogens (tertiary/aromatic N) is 2. The Morgan fingerprint density at radius 2 is 2.15 bits per heavy atom. The summed E-state index contributed by atoms with van der Waals surface area (Å²) in [5.41, 5.74) is 0.902. The highest BCUT2D eigenvalue weighted by Gasteiger charge is 2.12. The summed E-state index contributed by atoms with van der Waals surface area (Å²) >= 11 is 5.90. The van der Waals surface area contributed by atoms with E-state index in [-0.39, 0.29) is 12.6 Å². The van der Waals surface area contributed by atoms with E-state index in [0.29, 0.717) is 16.8 Å². The summed E-state index contributed by atoms with van der Waals surface area (Å²) in [4.78, 5) is 8.24. The van der Waals surface area contributed by atoms with Gasteiger partial charge in [0.2, 0.25) is 0 Å². The van der Waals surface area contributed by atoms with Crippen LogP contribution in [0.3, 0.4) is 0 Å². The molecule has 20 heavy (non-hydrogen) atoms. The fourth-order valence-corrected chi connectivity index (χ4v) is 2.10. The van der Waals surface area contributed by atoms with Gasteiger partial charge in [0, 0.05) is 6.07 Å². The first-order valence-electron chi connectivity index (χ1n) is 6.15. The van der Waals surface area contributed by atoms with Gasteiger partial charge in [-0.15, -0.1) is 0 Å².